The van der Waals surface area contributed by atoms with Crippen molar-refractivity contribution in [2.45, 2.75) is 26.2 Å². The van der Waals surface area contributed by atoms with Crippen LogP contribution in [0.1, 0.15) is 24.5 Å². The summed E-state index contributed by atoms with van der Waals surface area (Å²) in [5, 5.41) is 0. The van der Waals surface area contributed by atoms with Crippen molar-refractivity contribution < 1.29 is 9.53 Å². The van der Waals surface area contributed by atoms with Gasteiger partial charge >= 0.3 is 0 Å². The Labute approximate surface area is 83.9 Å². The first kappa shape index (κ1) is 9.25. The van der Waals surface area contributed by atoms with Gasteiger partial charge in [0.15, 0.2) is 0 Å². The predicted molar refractivity (Wildman–Crippen MR) is 54.6 cm³/mol. The molecule has 2 heteroatoms. The van der Waals surface area contributed by atoms with Crippen molar-refractivity contribution >= 4 is 5.78 Å². The minimum Gasteiger partial charge on any atom is -0.494 e. The topological polar surface area (TPSA) is 26.3 Å². The second kappa shape index (κ2) is 3.82. The molecule has 0 spiro atoms. The number of ketones is 1. The molecule has 0 fully saturated rings. The van der Waals surface area contributed by atoms with Crippen LogP contribution in [0.3, 0.4) is 0 Å². The molecule has 0 aromatic heterocycles. The van der Waals surface area contributed by atoms with Crippen LogP contribution in [0.5, 0.6) is 5.75 Å². The molecule has 0 unspecified atom stereocenters. The highest BCUT2D eigenvalue weighted by Crippen LogP contribution is 2.28. The van der Waals surface area contributed by atoms with E-state index in [9.17, 15) is 4.79 Å². The van der Waals surface area contributed by atoms with Gasteiger partial charge in [-0.25, -0.2) is 0 Å². The maximum atomic E-state index is 11.3. The van der Waals surface area contributed by atoms with Crippen LogP contribution in [0.4, 0.5) is 0 Å². The number of rotatable bonds is 2. The van der Waals surface area contributed by atoms with Crippen molar-refractivity contribution in [1.29, 1.82) is 0 Å². The molecule has 0 amide bonds. The Morgan fingerprint density at radius 2 is 2.21 bits per heavy atom. The smallest absolute Gasteiger partial charge is 0.137 e. The van der Waals surface area contributed by atoms with Gasteiger partial charge in [-0.15, -0.1) is 0 Å². The molecule has 1 aromatic carbocycles. The third kappa shape index (κ3) is 1.65. The van der Waals surface area contributed by atoms with E-state index in [-0.39, 0.29) is 0 Å². The molecule has 1 aliphatic carbocycles. The van der Waals surface area contributed by atoms with E-state index in [0.717, 1.165) is 17.7 Å². The first-order valence-electron chi connectivity index (χ1n) is 5.06. The summed E-state index contributed by atoms with van der Waals surface area (Å²) >= 11 is 0. The second-order valence-corrected chi connectivity index (χ2v) is 3.54. The number of aryl methyl sites for hydroxylation is 1. The molecule has 0 saturated heterocycles. The molecule has 0 N–H and O–H groups in total. The lowest BCUT2D eigenvalue weighted by molar-refractivity contribution is -0.118. The average Bonchev–Trinajstić information content (AvgIpc) is 2.19. The molecule has 0 heterocycles. The molecular formula is C12H14O2. The maximum absolute atomic E-state index is 11.3. The Balaban J connectivity index is 2.38. The summed E-state index contributed by atoms with van der Waals surface area (Å²) in [6.07, 6.45) is 2.10. The number of hydrogen-bond acceptors (Lipinski definition) is 2. The molecule has 0 bridgehead atoms. The van der Waals surface area contributed by atoms with Crippen molar-refractivity contribution in [2.75, 3.05) is 6.61 Å². The number of hydrogen-bond donors (Lipinski definition) is 0. The van der Waals surface area contributed by atoms with Crippen molar-refractivity contribution in [1.82, 2.24) is 0 Å². The Morgan fingerprint density at radius 1 is 1.36 bits per heavy atom. The Morgan fingerprint density at radius 3 is 3.00 bits per heavy atom. The summed E-state index contributed by atoms with van der Waals surface area (Å²) in [6.45, 7) is 2.62. The van der Waals surface area contributed by atoms with Crippen LogP contribution >= 0.6 is 0 Å². The highest BCUT2D eigenvalue weighted by Gasteiger charge is 2.18. The molecule has 14 heavy (non-hydrogen) atoms. The van der Waals surface area contributed by atoms with Gasteiger partial charge in [0.05, 0.1) is 6.61 Å². The largest absolute Gasteiger partial charge is 0.494 e. The summed E-state index contributed by atoms with van der Waals surface area (Å²) in [7, 11) is 0. The first-order valence-corrected chi connectivity index (χ1v) is 5.06. The lowest BCUT2D eigenvalue weighted by Gasteiger charge is -2.18. The first-order chi connectivity index (χ1) is 6.81. The monoisotopic (exact) mass is 190 g/mol. The molecular weight excluding hydrogens is 176 g/mol. The van der Waals surface area contributed by atoms with E-state index < -0.39 is 0 Å². The molecule has 0 saturated carbocycles. The lowest BCUT2D eigenvalue weighted by atomic mass is 9.90. The molecule has 0 aliphatic heterocycles. The fourth-order valence-corrected chi connectivity index (χ4v) is 1.90. The summed E-state index contributed by atoms with van der Waals surface area (Å²) in [5.74, 6) is 1.21. The normalized spacial score (nSPS) is 15.1. The zero-order chi connectivity index (χ0) is 9.97. The van der Waals surface area contributed by atoms with Gasteiger partial charge in [0.25, 0.3) is 0 Å². The molecule has 1 aliphatic rings. The number of carbonyl (C=O) groups excluding carboxylic acids is 1. The van der Waals surface area contributed by atoms with Crippen molar-refractivity contribution in [2.24, 2.45) is 0 Å². The molecule has 2 rings (SSSR count). The Bertz CT molecular complexity index is 355. The molecule has 0 atom stereocenters. The van der Waals surface area contributed by atoms with E-state index in [2.05, 4.69) is 6.07 Å². The zero-order valence-corrected chi connectivity index (χ0v) is 8.38. The van der Waals surface area contributed by atoms with E-state index in [0.29, 0.717) is 25.2 Å². The van der Waals surface area contributed by atoms with E-state index >= 15 is 0 Å². The maximum Gasteiger partial charge on any atom is 0.137 e. The van der Waals surface area contributed by atoms with Crippen LogP contribution in [0.2, 0.25) is 0 Å². The van der Waals surface area contributed by atoms with Gasteiger partial charge in [-0.3, -0.25) is 4.79 Å². The standard InChI is InChI=1S/C12H14O2/c1-2-14-12-5-3-4-9-6-7-10(13)8-11(9)12/h3-5H,2,6-8H2,1H3. The third-order valence-corrected chi connectivity index (χ3v) is 2.58. The van der Waals surface area contributed by atoms with Gasteiger partial charge in [0.1, 0.15) is 11.5 Å². The SMILES string of the molecule is CCOc1cccc2c1CC(=O)CC2. The molecule has 0 radical (unpaired) electrons. The van der Waals surface area contributed by atoms with Gasteiger partial charge in [-0.2, -0.15) is 0 Å². The van der Waals surface area contributed by atoms with Gasteiger partial charge < -0.3 is 4.74 Å². The third-order valence-electron chi connectivity index (χ3n) is 2.58. The Hall–Kier alpha value is -1.31. The van der Waals surface area contributed by atoms with Crippen molar-refractivity contribution in [3.8, 4) is 5.75 Å². The van der Waals surface area contributed by atoms with Gasteiger partial charge in [0, 0.05) is 18.4 Å². The molecule has 74 valence electrons. The minimum absolute atomic E-state index is 0.324. The summed E-state index contributed by atoms with van der Waals surface area (Å²) < 4.78 is 5.50. The fraction of sp³-hybridized carbons (Fsp3) is 0.417. The van der Waals surface area contributed by atoms with Gasteiger partial charge in [0.2, 0.25) is 0 Å². The predicted octanol–water partition coefficient (Wildman–Crippen LogP) is 2.14. The van der Waals surface area contributed by atoms with E-state index in [1.54, 1.807) is 0 Å². The second-order valence-electron chi connectivity index (χ2n) is 3.54. The lowest BCUT2D eigenvalue weighted by Crippen LogP contribution is -2.14. The number of ether oxygens (including phenoxy) is 1. The molecule has 2 nitrogen and oxygen atoms in total. The average molecular weight is 190 g/mol. The van der Waals surface area contributed by atoms with Crippen LogP contribution in [-0.2, 0) is 17.6 Å². The highest BCUT2D eigenvalue weighted by molar-refractivity contribution is 5.84. The zero-order valence-electron chi connectivity index (χ0n) is 8.38. The van der Waals surface area contributed by atoms with E-state index in [1.807, 2.05) is 19.1 Å². The summed E-state index contributed by atoms with van der Waals surface area (Å²) in [6, 6.07) is 6.03. The van der Waals surface area contributed by atoms with E-state index in [4.69, 9.17) is 4.74 Å². The number of Topliss-reactive ketones (excluding diaryl/α,β-unsaturated/α-hetero) is 1. The van der Waals surface area contributed by atoms with Gasteiger partial charge in [-0.05, 0) is 25.0 Å². The van der Waals surface area contributed by atoms with Crippen LogP contribution in [0.15, 0.2) is 18.2 Å². The van der Waals surface area contributed by atoms with Crippen LogP contribution in [-0.4, -0.2) is 12.4 Å². The number of fused-ring (bicyclic) bond motifs is 1. The summed E-state index contributed by atoms with van der Waals surface area (Å²) in [4.78, 5) is 11.3. The quantitative estimate of drug-likeness (QED) is 0.714. The number of carbonyl (C=O) groups is 1. The van der Waals surface area contributed by atoms with Crippen LogP contribution < -0.4 is 4.74 Å². The minimum atomic E-state index is 0.324. The van der Waals surface area contributed by atoms with Crippen LogP contribution in [0, 0.1) is 0 Å². The highest BCUT2D eigenvalue weighted by atomic mass is 16.5. The van der Waals surface area contributed by atoms with E-state index in [1.165, 1.54) is 5.56 Å². The Kier molecular flexibility index (Phi) is 2.53. The number of benzene rings is 1. The summed E-state index contributed by atoms with van der Waals surface area (Å²) in [5.41, 5.74) is 2.38. The molecule has 1 aromatic rings. The van der Waals surface area contributed by atoms with Gasteiger partial charge in [-0.1, -0.05) is 12.1 Å². The van der Waals surface area contributed by atoms with Crippen molar-refractivity contribution in [3.63, 3.8) is 0 Å². The van der Waals surface area contributed by atoms with Crippen molar-refractivity contribution in [3.05, 3.63) is 29.3 Å². The van der Waals surface area contributed by atoms with Crippen LogP contribution in [0.25, 0.3) is 0 Å². The fourth-order valence-electron chi connectivity index (χ4n) is 1.90.